The van der Waals surface area contributed by atoms with Gasteiger partial charge in [-0.1, -0.05) is 25.5 Å². The number of hydrogen-bond donors (Lipinski definition) is 1. The van der Waals surface area contributed by atoms with Gasteiger partial charge in [-0.15, -0.1) is 0 Å². The molecular weight excluding hydrogens is 269 g/mol. The third-order valence-corrected chi connectivity index (χ3v) is 5.41. The molecule has 1 unspecified atom stereocenters. The number of fused-ring (bicyclic) bond motifs is 1. The van der Waals surface area contributed by atoms with Gasteiger partial charge in [0.15, 0.2) is 0 Å². The molecule has 0 bridgehead atoms. The minimum atomic E-state index is -0.638. The quantitative estimate of drug-likeness (QED) is 0.923. The molecule has 1 heterocycles. The first kappa shape index (κ1) is 14.5. The number of halogens is 1. The largest absolute Gasteiger partial charge is 0.481 e. The van der Waals surface area contributed by atoms with Gasteiger partial charge in [-0.05, 0) is 42.9 Å². The zero-order chi connectivity index (χ0) is 15.0. The number of carbonyl (C=O) groups is 1. The van der Waals surface area contributed by atoms with Crippen molar-refractivity contribution in [3.05, 3.63) is 35.6 Å². The van der Waals surface area contributed by atoms with Crippen LogP contribution in [0, 0.1) is 17.2 Å². The molecule has 2 fully saturated rings. The molecule has 0 aromatic heterocycles. The average Bonchev–Trinajstić information content (AvgIpc) is 2.99. The van der Waals surface area contributed by atoms with Crippen molar-refractivity contribution in [2.45, 2.75) is 38.6 Å². The van der Waals surface area contributed by atoms with E-state index in [1.165, 1.54) is 12.1 Å². The Kier molecular flexibility index (Phi) is 3.74. The molecule has 0 amide bonds. The van der Waals surface area contributed by atoms with Crippen LogP contribution in [0.2, 0.25) is 0 Å². The van der Waals surface area contributed by atoms with E-state index in [0.29, 0.717) is 6.54 Å². The van der Waals surface area contributed by atoms with Gasteiger partial charge in [0.2, 0.25) is 0 Å². The lowest BCUT2D eigenvalue weighted by atomic mass is 9.81. The zero-order valence-electron chi connectivity index (χ0n) is 12.4. The maximum absolute atomic E-state index is 13.1. The molecule has 1 N–H and O–H groups in total. The first-order chi connectivity index (χ1) is 10.1. The third kappa shape index (κ3) is 2.35. The zero-order valence-corrected chi connectivity index (χ0v) is 12.4. The smallest absolute Gasteiger partial charge is 0.311 e. The average molecular weight is 291 g/mol. The second-order valence-electron chi connectivity index (χ2n) is 6.46. The molecule has 2 aliphatic rings. The number of carboxylic acids is 1. The van der Waals surface area contributed by atoms with E-state index >= 15 is 0 Å². The molecule has 3 atom stereocenters. The van der Waals surface area contributed by atoms with Crippen molar-refractivity contribution in [3.8, 4) is 0 Å². The summed E-state index contributed by atoms with van der Waals surface area (Å²) in [6.07, 6.45) is 3.75. The second-order valence-corrected chi connectivity index (χ2v) is 6.46. The van der Waals surface area contributed by atoms with Gasteiger partial charge in [-0.2, -0.15) is 0 Å². The predicted octanol–water partition coefficient (Wildman–Crippen LogP) is 3.46. The standard InChI is InChI=1S/C17H22FNO2/c1-2-15(12-5-7-14(18)8-6-12)19-10-13-4-3-9-17(13,11-19)16(20)21/h5-8,13,15H,2-4,9-11H2,1H3,(H,20,21)/t13-,15?,17+/m0/s1. The summed E-state index contributed by atoms with van der Waals surface area (Å²) in [5, 5.41) is 9.68. The number of aliphatic carboxylic acids is 1. The van der Waals surface area contributed by atoms with Gasteiger partial charge in [0, 0.05) is 19.1 Å². The third-order valence-electron chi connectivity index (χ3n) is 5.41. The van der Waals surface area contributed by atoms with E-state index in [1.807, 2.05) is 12.1 Å². The Hall–Kier alpha value is -1.42. The molecule has 21 heavy (non-hydrogen) atoms. The van der Waals surface area contributed by atoms with Crippen LogP contribution in [0.3, 0.4) is 0 Å². The van der Waals surface area contributed by atoms with Gasteiger partial charge >= 0.3 is 5.97 Å². The fourth-order valence-corrected chi connectivity index (χ4v) is 4.30. The predicted molar refractivity (Wildman–Crippen MR) is 78.4 cm³/mol. The Bertz CT molecular complexity index is 530. The van der Waals surface area contributed by atoms with E-state index in [0.717, 1.165) is 37.8 Å². The molecule has 1 saturated heterocycles. The number of carboxylic acid groups (broad SMARTS) is 1. The summed E-state index contributed by atoms with van der Waals surface area (Å²) in [7, 11) is 0. The summed E-state index contributed by atoms with van der Waals surface area (Å²) in [4.78, 5) is 14.1. The summed E-state index contributed by atoms with van der Waals surface area (Å²) in [5.41, 5.74) is 0.535. The molecule has 114 valence electrons. The summed E-state index contributed by atoms with van der Waals surface area (Å²) in [5.74, 6) is -0.597. The van der Waals surface area contributed by atoms with Crippen molar-refractivity contribution in [2.75, 3.05) is 13.1 Å². The van der Waals surface area contributed by atoms with E-state index in [2.05, 4.69) is 11.8 Å². The molecule has 1 aliphatic carbocycles. The molecule has 1 aromatic rings. The molecule has 3 nitrogen and oxygen atoms in total. The fourth-order valence-electron chi connectivity index (χ4n) is 4.30. The van der Waals surface area contributed by atoms with Crippen LogP contribution in [0.4, 0.5) is 4.39 Å². The topological polar surface area (TPSA) is 40.5 Å². The van der Waals surface area contributed by atoms with Crippen LogP contribution in [-0.4, -0.2) is 29.1 Å². The fraction of sp³-hybridized carbons (Fsp3) is 0.588. The number of hydrogen-bond acceptors (Lipinski definition) is 2. The minimum Gasteiger partial charge on any atom is -0.481 e. The van der Waals surface area contributed by atoms with Crippen molar-refractivity contribution >= 4 is 5.97 Å². The van der Waals surface area contributed by atoms with Gasteiger partial charge in [0.25, 0.3) is 0 Å². The summed E-state index contributed by atoms with van der Waals surface area (Å²) >= 11 is 0. The first-order valence-corrected chi connectivity index (χ1v) is 7.80. The van der Waals surface area contributed by atoms with E-state index in [1.54, 1.807) is 0 Å². The number of benzene rings is 1. The molecule has 3 rings (SSSR count). The second kappa shape index (κ2) is 5.41. The van der Waals surface area contributed by atoms with E-state index in [9.17, 15) is 14.3 Å². The van der Waals surface area contributed by atoms with Gasteiger partial charge in [0.1, 0.15) is 5.82 Å². The number of nitrogens with zero attached hydrogens (tertiary/aromatic N) is 1. The highest BCUT2D eigenvalue weighted by Crippen LogP contribution is 2.51. The van der Waals surface area contributed by atoms with E-state index in [4.69, 9.17) is 0 Å². The van der Waals surface area contributed by atoms with Crippen molar-refractivity contribution in [3.63, 3.8) is 0 Å². The molecule has 1 aromatic carbocycles. The highest BCUT2D eigenvalue weighted by molar-refractivity contribution is 5.76. The van der Waals surface area contributed by atoms with Crippen molar-refractivity contribution in [2.24, 2.45) is 11.3 Å². The number of rotatable bonds is 4. The van der Waals surface area contributed by atoms with Crippen molar-refractivity contribution < 1.29 is 14.3 Å². The van der Waals surface area contributed by atoms with Crippen molar-refractivity contribution in [1.82, 2.24) is 4.90 Å². The first-order valence-electron chi connectivity index (χ1n) is 7.80. The van der Waals surface area contributed by atoms with Gasteiger partial charge in [0.05, 0.1) is 5.41 Å². The van der Waals surface area contributed by atoms with Gasteiger partial charge in [-0.3, -0.25) is 9.69 Å². The Labute approximate surface area is 124 Å². The van der Waals surface area contributed by atoms with Gasteiger partial charge < -0.3 is 5.11 Å². The van der Waals surface area contributed by atoms with Crippen LogP contribution < -0.4 is 0 Å². The molecule has 4 heteroatoms. The molecule has 1 aliphatic heterocycles. The summed E-state index contributed by atoms with van der Waals surface area (Å²) in [6.45, 7) is 3.58. The highest BCUT2D eigenvalue weighted by atomic mass is 19.1. The van der Waals surface area contributed by atoms with E-state index in [-0.39, 0.29) is 17.8 Å². The number of likely N-dealkylation sites (tertiary alicyclic amines) is 1. The van der Waals surface area contributed by atoms with Crippen LogP contribution in [0.5, 0.6) is 0 Å². The van der Waals surface area contributed by atoms with Crippen LogP contribution in [0.25, 0.3) is 0 Å². The Morgan fingerprint density at radius 3 is 2.76 bits per heavy atom. The lowest BCUT2D eigenvalue weighted by Gasteiger charge is -2.29. The van der Waals surface area contributed by atoms with Crippen LogP contribution in [0.1, 0.15) is 44.2 Å². The summed E-state index contributed by atoms with van der Waals surface area (Å²) < 4.78 is 13.1. The molecule has 0 spiro atoms. The van der Waals surface area contributed by atoms with Crippen molar-refractivity contribution in [1.29, 1.82) is 0 Å². The molecular formula is C17H22FNO2. The van der Waals surface area contributed by atoms with Gasteiger partial charge in [-0.25, -0.2) is 4.39 Å². The lowest BCUT2D eigenvalue weighted by molar-refractivity contribution is -0.149. The monoisotopic (exact) mass is 291 g/mol. The molecule has 1 saturated carbocycles. The Morgan fingerprint density at radius 2 is 2.19 bits per heavy atom. The van der Waals surface area contributed by atoms with Crippen LogP contribution in [-0.2, 0) is 4.79 Å². The maximum atomic E-state index is 13.1. The minimum absolute atomic E-state index is 0.187. The summed E-state index contributed by atoms with van der Waals surface area (Å²) in [6, 6.07) is 6.81. The SMILES string of the molecule is CCC(c1ccc(F)cc1)N1C[C@@H]2CCC[C@@]2(C(=O)O)C1. The lowest BCUT2D eigenvalue weighted by Crippen LogP contribution is -2.36. The molecule has 0 radical (unpaired) electrons. The van der Waals surface area contributed by atoms with E-state index < -0.39 is 11.4 Å². The normalized spacial score (nSPS) is 30.3. The highest BCUT2D eigenvalue weighted by Gasteiger charge is 2.55. The Morgan fingerprint density at radius 1 is 1.48 bits per heavy atom. The Balaban J connectivity index is 1.83. The maximum Gasteiger partial charge on any atom is 0.311 e. The van der Waals surface area contributed by atoms with Crippen LogP contribution >= 0.6 is 0 Å². The van der Waals surface area contributed by atoms with Crippen LogP contribution in [0.15, 0.2) is 24.3 Å².